The summed E-state index contributed by atoms with van der Waals surface area (Å²) in [6.45, 7) is 2.98. The molecule has 0 bridgehead atoms. The van der Waals surface area contributed by atoms with Gasteiger partial charge >= 0.3 is 0 Å². The number of benzene rings is 1. The average molecular weight is 266 g/mol. The standard InChI is InChI=1S/C17H18N2O/c1-13(11-16-8-4-10-20-16)19-12-15-6-2-5-14-7-3-9-18-17(14)15/h2-10,13,19H,11-12H2,1H3. The molecule has 3 heteroatoms. The summed E-state index contributed by atoms with van der Waals surface area (Å²) in [4.78, 5) is 4.48. The minimum absolute atomic E-state index is 0.361. The summed E-state index contributed by atoms with van der Waals surface area (Å²) >= 11 is 0. The van der Waals surface area contributed by atoms with Crippen LogP contribution in [0.2, 0.25) is 0 Å². The van der Waals surface area contributed by atoms with E-state index in [4.69, 9.17) is 4.42 Å². The molecule has 0 aliphatic rings. The van der Waals surface area contributed by atoms with Crippen LogP contribution in [0, 0.1) is 0 Å². The Morgan fingerprint density at radius 1 is 1.15 bits per heavy atom. The lowest BCUT2D eigenvalue weighted by Gasteiger charge is -2.13. The van der Waals surface area contributed by atoms with Crippen molar-refractivity contribution in [2.45, 2.75) is 25.9 Å². The second-order valence-corrected chi connectivity index (χ2v) is 5.06. The summed E-state index contributed by atoms with van der Waals surface area (Å²) in [5, 5.41) is 4.71. The van der Waals surface area contributed by atoms with Crippen LogP contribution in [0.4, 0.5) is 0 Å². The van der Waals surface area contributed by atoms with Gasteiger partial charge in [0.25, 0.3) is 0 Å². The first-order valence-electron chi connectivity index (χ1n) is 6.91. The van der Waals surface area contributed by atoms with E-state index in [9.17, 15) is 0 Å². The summed E-state index contributed by atoms with van der Waals surface area (Å²) in [7, 11) is 0. The molecule has 20 heavy (non-hydrogen) atoms. The number of pyridine rings is 1. The zero-order valence-corrected chi connectivity index (χ0v) is 11.5. The van der Waals surface area contributed by atoms with Gasteiger partial charge in [-0.25, -0.2) is 0 Å². The Kier molecular flexibility index (Phi) is 3.79. The Hall–Kier alpha value is -2.13. The van der Waals surface area contributed by atoms with E-state index in [1.54, 1.807) is 6.26 Å². The van der Waals surface area contributed by atoms with Crippen LogP contribution in [0.5, 0.6) is 0 Å². The van der Waals surface area contributed by atoms with Gasteiger partial charge in [0.1, 0.15) is 5.76 Å². The minimum Gasteiger partial charge on any atom is -0.469 e. The van der Waals surface area contributed by atoms with Gasteiger partial charge < -0.3 is 9.73 Å². The molecule has 1 aromatic carbocycles. The van der Waals surface area contributed by atoms with Crippen LogP contribution in [-0.4, -0.2) is 11.0 Å². The van der Waals surface area contributed by atoms with Crippen LogP contribution in [-0.2, 0) is 13.0 Å². The van der Waals surface area contributed by atoms with Crippen molar-refractivity contribution in [3.05, 3.63) is 66.2 Å². The molecule has 102 valence electrons. The molecule has 0 aliphatic carbocycles. The molecule has 0 fully saturated rings. The first-order valence-corrected chi connectivity index (χ1v) is 6.91. The summed E-state index contributed by atoms with van der Waals surface area (Å²) in [5.74, 6) is 1.01. The smallest absolute Gasteiger partial charge is 0.105 e. The molecule has 0 aliphatic heterocycles. The van der Waals surface area contributed by atoms with E-state index in [1.807, 2.05) is 24.4 Å². The maximum Gasteiger partial charge on any atom is 0.105 e. The van der Waals surface area contributed by atoms with Gasteiger partial charge in [0.2, 0.25) is 0 Å². The van der Waals surface area contributed by atoms with Gasteiger partial charge in [-0.3, -0.25) is 4.98 Å². The maximum atomic E-state index is 5.37. The highest BCUT2D eigenvalue weighted by Crippen LogP contribution is 2.16. The molecule has 3 aromatic rings. The van der Waals surface area contributed by atoms with E-state index in [-0.39, 0.29) is 0 Å². The Morgan fingerprint density at radius 3 is 2.90 bits per heavy atom. The Balaban J connectivity index is 1.67. The summed E-state index contributed by atoms with van der Waals surface area (Å²) in [5.41, 5.74) is 2.31. The molecule has 2 aromatic heterocycles. The number of aromatic nitrogens is 1. The molecule has 0 saturated carbocycles. The number of hydrogen-bond acceptors (Lipinski definition) is 3. The van der Waals surface area contributed by atoms with Crippen LogP contribution < -0.4 is 5.32 Å². The van der Waals surface area contributed by atoms with Gasteiger partial charge in [-0.05, 0) is 30.7 Å². The predicted octanol–water partition coefficient (Wildman–Crippen LogP) is 3.55. The van der Waals surface area contributed by atoms with Crippen molar-refractivity contribution < 1.29 is 4.42 Å². The topological polar surface area (TPSA) is 38.1 Å². The molecule has 0 amide bonds. The molecule has 0 spiro atoms. The van der Waals surface area contributed by atoms with Gasteiger partial charge in [0, 0.05) is 30.6 Å². The Labute approximate surface area is 118 Å². The lowest BCUT2D eigenvalue weighted by Crippen LogP contribution is -2.27. The first-order chi connectivity index (χ1) is 9.83. The number of rotatable bonds is 5. The summed E-state index contributed by atoms with van der Waals surface area (Å²) < 4.78 is 5.37. The van der Waals surface area contributed by atoms with Crippen molar-refractivity contribution in [2.24, 2.45) is 0 Å². The highest BCUT2D eigenvalue weighted by atomic mass is 16.3. The van der Waals surface area contributed by atoms with E-state index < -0.39 is 0 Å². The van der Waals surface area contributed by atoms with Crippen LogP contribution in [0.3, 0.4) is 0 Å². The Bertz CT molecular complexity index is 671. The molecule has 2 heterocycles. The van der Waals surface area contributed by atoms with Crippen molar-refractivity contribution in [1.82, 2.24) is 10.3 Å². The number of hydrogen-bond donors (Lipinski definition) is 1. The zero-order chi connectivity index (χ0) is 13.8. The van der Waals surface area contributed by atoms with E-state index in [0.29, 0.717) is 6.04 Å². The third kappa shape index (κ3) is 2.89. The number of para-hydroxylation sites is 1. The lowest BCUT2D eigenvalue weighted by atomic mass is 10.1. The van der Waals surface area contributed by atoms with E-state index >= 15 is 0 Å². The molecule has 1 N–H and O–H groups in total. The number of fused-ring (bicyclic) bond motifs is 1. The molecule has 0 saturated heterocycles. The molecule has 3 rings (SSSR count). The minimum atomic E-state index is 0.361. The average Bonchev–Trinajstić information content (AvgIpc) is 2.98. The third-order valence-corrected chi connectivity index (χ3v) is 3.44. The molecular weight excluding hydrogens is 248 g/mol. The van der Waals surface area contributed by atoms with Gasteiger partial charge in [0.15, 0.2) is 0 Å². The zero-order valence-electron chi connectivity index (χ0n) is 11.5. The highest BCUT2D eigenvalue weighted by Gasteiger charge is 2.07. The van der Waals surface area contributed by atoms with Gasteiger partial charge in [-0.15, -0.1) is 0 Å². The van der Waals surface area contributed by atoms with E-state index in [1.165, 1.54) is 10.9 Å². The van der Waals surface area contributed by atoms with Gasteiger partial charge in [-0.1, -0.05) is 24.3 Å². The van der Waals surface area contributed by atoms with Crippen molar-refractivity contribution >= 4 is 10.9 Å². The SMILES string of the molecule is CC(Cc1ccco1)NCc1cccc2cccnc12. The quantitative estimate of drug-likeness (QED) is 0.767. The van der Waals surface area contributed by atoms with E-state index in [0.717, 1.165) is 24.2 Å². The number of nitrogens with one attached hydrogen (secondary N) is 1. The van der Waals surface area contributed by atoms with Crippen molar-refractivity contribution in [3.63, 3.8) is 0 Å². The molecule has 3 nitrogen and oxygen atoms in total. The highest BCUT2D eigenvalue weighted by molar-refractivity contribution is 5.81. The first kappa shape index (κ1) is 12.9. The third-order valence-electron chi connectivity index (χ3n) is 3.44. The normalized spacial score (nSPS) is 12.7. The van der Waals surface area contributed by atoms with E-state index in [2.05, 4.69) is 41.5 Å². The van der Waals surface area contributed by atoms with Crippen LogP contribution in [0.15, 0.2) is 59.3 Å². The molecular formula is C17H18N2O. The summed E-state index contributed by atoms with van der Waals surface area (Å²) in [6, 6.07) is 14.7. The predicted molar refractivity (Wildman–Crippen MR) is 80.5 cm³/mol. The molecule has 1 unspecified atom stereocenters. The Morgan fingerprint density at radius 2 is 2.05 bits per heavy atom. The van der Waals surface area contributed by atoms with Gasteiger partial charge in [0.05, 0.1) is 11.8 Å². The largest absolute Gasteiger partial charge is 0.469 e. The molecule has 1 atom stereocenters. The molecule has 0 radical (unpaired) electrons. The van der Waals surface area contributed by atoms with Crippen LogP contribution >= 0.6 is 0 Å². The number of furan rings is 1. The van der Waals surface area contributed by atoms with Crippen molar-refractivity contribution in [2.75, 3.05) is 0 Å². The number of nitrogens with zero attached hydrogens (tertiary/aromatic N) is 1. The van der Waals surface area contributed by atoms with Crippen molar-refractivity contribution in [1.29, 1.82) is 0 Å². The fourth-order valence-corrected chi connectivity index (χ4v) is 2.40. The second kappa shape index (κ2) is 5.88. The van der Waals surface area contributed by atoms with Crippen LogP contribution in [0.1, 0.15) is 18.2 Å². The van der Waals surface area contributed by atoms with Gasteiger partial charge in [-0.2, -0.15) is 0 Å². The fourth-order valence-electron chi connectivity index (χ4n) is 2.40. The fraction of sp³-hybridized carbons (Fsp3) is 0.235. The van der Waals surface area contributed by atoms with Crippen LogP contribution in [0.25, 0.3) is 10.9 Å². The second-order valence-electron chi connectivity index (χ2n) is 5.06. The lowest BCUT2D eigenvalue weighted by molar-refractivity contribution is 0.457. The maximum absolute atomic E-state index is 5.37. The monoisotopic (exact) mass is 266 g/mol. The summed E-state index contributed by atoms with van der Waals surface area (Å²) in [6.07, 6.45) is 4.46. The van der Waals surface area contributed by atoms with Crippen molar-refractivity contribution in [3.8, 4) is 0 Å².